The van der Waals surface area contributed by atoms with E-state index in [1.807, 2.05) is 11.8 Å². The Morgan fingerprint density at radius 2 is 2.00 bits per heavy atom. The zero-order valence-corrected chi connectivity index (χ0v) is 15.0. The molecular formula is C18H24N6O. The summed E-state index contributed by atoms with van der Waals surface area (Å²) in [5.74, 6) is 2.58. The average molecular weight is 340 g/mol. The van der Waals surface area contributed by atoms with Crippen molar-refractivity contribution in [2.75, 3.05) is 0 Å². The SMILES string of the molecule is Cc1cnc(C(=O)N2[C@@H]3CC[C@H]2Cc2nnc(CC(C)C)n2C3)cn1. The maximum atomic E-state index is 13.0. The van der Waals surface area contributed by atoms with Gasteiger partial charge in [0.15, 0.2) is 0 Å². The number of aromatic nitrogens is 5. The summed E-state index contributed by atoms with van der Waals surface area (Å²) >= 11 is 0. The molecule has 2 atom stereocenters. The molecule has 2 aliphatic heterocycles. The molecule has 0 spiro atoms. The molecule has 2 aromatic rings. The third-order valence-electron chi connectivity index (χ3n) is 5.16. The normalized spacial score (nSPS) is 22.2. The summed E-state index contributed by atoms with van der Waals surface area (Å²) in [6.07, 6.45) is 6.97. The minimum atomic E-state index is -0.0101. The standard InChI is InChI=1S/C18H24N6O/c1-11(2)6-16-21-22-17-7-13-4-5-14(10-23(16)17)24(13)18(25)15-9-19-12(3)8-20-15/h8-9,11,13-14H,4-7,10H2,1-3H3/t13-,14+/m0/s1. The molecule has 0 aromatic carbocycles. The Labute approximate surface area is 147 Å². The van der Waals surface area contributed by atoms with Crippen molar-refractivity contribution in [1.29, 1.82) is 0 Å². The highest BCUT2D eigenvalue weighted by Crippen LogP contribution is 2.32. The van der Waals surface area contributed by atoms with E-state index in [4.69, 9.17) is 0 Å². The molecule has 1 amide bonds. The predicted molar refractivity (Wildman–Crippen MR) is 92.0 cm³/mol. The minimum Gasteiger partial charge on any atom is -0.329 e. The number of nitrogens with zero attached hydrogens (tertiary/aromatic N) is 6. The minimum absolute atomic E-state index is 0.0101. The van der Waals surface area contributed by atoms with E-state index in [9.17, 15) is 4.79 Å². The van der Waals surface area contributed by atoms with Gasteiger partial charge in [-0.15, -0.1) is 10.2 Å². The van der Waals surface area contributed by atoms with Crippen molar-refractivity contribution in [3.63, 3.8) is 0 Å². The number of hydrogen-bond acceptors (Lipinski definition) is 5. The van der Waals surface area contributed by atoms with E-state index in [1.165, 1.54) is 0 Å². The van der Waals surface area contributed by atoms with Crippen molar-refractivity contribution >= 4 is 5.91 Å². The number of fused-ring (bicyclic) bond motifs is 3. The highest BCUT2D eigenvalue weighted by atomic mass is 16.2. The molecule has 7 heteroatoms. The number of carbonyl (C=O) groups is 1. The van der Waals surface area contributed by atoms with Crippen LogP contribution in [0.3, 0.4) is 0 Å². The van der Waals surface area contributed by atoms with Gasteiger partial charge >= 0.3 is 0 Å². The van der Waals surface area contributed by atoms with Gasteiger partial charge in [-0.05, 0) is 25.7 Å². The lowest BCUT2D eigenvalue weighted by atomic mass is 10.1. The van der Waals surface area contributed by atoms with E-state index in [1.54, 1.807) is 12.4 Å². The van der Waals surface area contributed by atoms with E-state index in [-0.39, 0.29) is 18.0 Å². The monoisotopic (exact) mass is 340 g/mol. The van der Waals surface area contributed by atoms with Crippen LogP contribution in [0.2, 0.25) is 0 Å². The summed E-state index contributed by atoms with van der Waals surface area (Å²) in [6, 6.07) is 0.363. The first-order chi connectivity index (χ1) is 12.0. The second kappa shape index (κ2) is 6.20. The number of aryl methyl sites for hydroxylation is 1. The average Bonchev–Trinajstić information content (AvgIpc) is 3.07. The van der Waals surface area contributed by atoms with Gasteiger partial charge in [0.1, 0.15) is 17.3 Å². The van der Waals surface area contributed by atoms with Gasteiger partial charge in [-0.25, -0.2) is 4.98 Å². The van der Waals surface area contributed by atoms with E-state index in [0.29, 0.717) is 11.6 Å². The maximum Gasteiger partial charge on any atom is 0.274 e. The molecule has 0 N–H and O–H groups in total. The largest absolute Gasteiger partial charge is 0.329 e. The molecule has 4 heterocycles. The van der Waals surface area contributed by atoms with Crippen molar-refractivity contribution < 1.29 is 4.79 Å². The van der Waals surface area contributed by atoms with Crippen LogP contribution in [0.1, 0.15) is 54.5 Å². The molecule has 25 heavy (non-hydrogen) atoms. The van der Waals surface area contributed by atoms with E-state index >= 15 is 0 Å². The Morgan fingerprint density at radius 1 is 1.20 bits per heavy atom. The Hall–Kier alpha value is -2.31. The number of carbonyl (C=O) groups excluding carboxylic acids is 1. The zero-order valence-electron chi connectivity index (χ0n) is 15.0. The van der Waals surface area contributed by atoms with Crippen molar-refractivity contribution in [3.05, 3.63) is 35.4 Å². The summed E-state index contributed by atoms with van der Waals surface area (Å²) in [5.41, 5.74) is 1.25. The second-order valence-corrected chi connectivity index (χ2v) is 7.59. The van der Waals surface area contributed by atoms with Gasteiger partial charge < -0.3 is 9.47 Å². The first-order valence-electron chi connectivity index (χ1n) is 9.05. The van der Waals surface area contributed by atoms with Crippen molar-refractivity contribution in [2.45, 2.75) is 65.1 Å². The molecular weight excluding hydrogens is 316 g/mol. The third-order valence-corrected chi connectivity index (χ3v) is 5.16. The van der Waals surface area contributed by atoms with Gasteiger partial charge in [0, 0.05) is 31.6 Å². The van der Waals surface area contributed by atoms with Crippen LogP contribution in [0.25, 0.3) is 0 Å². The fourth-order valence-corrected chi connectivity index (χ4v) is 3.98. The Morgan fingerprint density at radius 3 is 2.72 bits per heavy atom. The topological polar surface area (TPSA) is 76.8 Å². The van der Waals surface area contributed by atoms with Gasteiger partial charge in [0.05, 0.1) is 17.9 Å². The fraction of sp³-hybridized carbons (Fsp3) is 0.611. The van der Waals surface area contributed by atoms with E-state index in [2.05, 4.69) is 38.6 Å². The number of amides is 1. The molecule has 1 fully saturated rings. The van der Waals surface area contributed by atoms with E-state index < -0.39 is 0 Å². The summed E-state index contributed by atoms with van der Waals surface area (Å²) in [5, 5.41) is 8.81. The highest BCUT2D eigenvalue weighted by molar-refractivity contribution is 5.92. The summed E-state index contributed by atoms with van der Waals surface area (Å²) in [7, 11) is 0. The molecule has 4 rings (SSSR count). The van der Waals surface area contributed by atoms with Gasteiger partial charge in [-0.2, -0.15) is 0 Å². The molecule has 0 aliphatic carbocycles. The molecule has 0 radical (unpaired) electrons. The van der Waals surface area contributed by atoms with Crippen LogP contribution in [0.15, 0.2) is 12.4 Å². The van der Waals surface area contributed by atoms with Gasteiger partial charge in [0.25, 0.3) is 5.91 Å². The van der Waals surface area contributed by atoms with Gasteiger partial charge in [-0.1, -0.05) is 13.8 Å². The Bertz CT molecular complexity index is 781. The lowest BCUT2D eigenvalue weighted by Crippen LogP contribution is -2.42. The Balaban J connectivity index is 1.62. The van der Waals surface area contributed by atoms with Gasteiger partial charge in [-0.3, -0.25) is 9.78 Å². The van der Waals surface area contributed by atoms with Gasteiger partial charge in [0.2, 0.25) is 0 Å². The zero-order chi connectivity index (χ0) is 17.6. The van der Waals surface area contributed by atoms with Crippen LogP contribution in [0.5, 0.6) is 0 Å². The molecule has 2 bridgehead atoms. The van der Waals surface area contributed by atoms with Crippen LogP contribution in [-0.4, -0.2) is 47.6 Å². The van der Waals surface area contributed by atoms with Crippen molar-refractivity contribution in [1.82, 2.24) is 29.6 Å². The quantitative estimate of drug-likeness (QED) is 0.851. The Kier molecular flexibility index (Phi) is 4.01. The van der Waals surface area contributed by atoms with Crippen LogP contribution in [0, 0.1) is 12.8 Å². The van der Waals surface area contributed by atoms with Crippen LogP contribution in [0.4, 0.5) is 0 Å². The van der Waals surface area contributed by atoms with Crippen molar-refractivity contribution in [3.8, 4) is 0 Å². The van der Waals surface area contributed by atoms with Crippen LogP contribution >= 0.6 is 0 Å². The molecule has 7 nitrogen and oxygen atoms in total. The third kappa shape index (κ3) is 2.92. The maximum absolute atomic E-state index is 13.0. The molecule has 2 aliphatic rings. The molecule has 1 saturated heterocycles. The molecule has 0 saturated carbocycles. The summed E-state index contributed by atoms with van der Waals surface area (Å²) in [4.78, 5) is 23.6. The first kappa shape index (κ1) is 16.2. The number of rotatable bonds is 3. The molecule has 0 unspecified atom stereocenters. The smallest absolute Gasteiger partial charge is 0.274 e. The fourth-order valence-electron chi connectivity index (χ4n) is 3.98. The summed E-state index contributed by atoms with van der Waals surface area (Å²) in [6.45, 7) is 7.04. The second-order valence-electron chi connectivity index (χ2n) is 7.59. The summed E-state index contributed by atoms with van der Waals surface area (Å²) < 4.78 is 2.24. The van der Waals surface area contributed by atoms with Crippen LogP contribution < -0.4 is 0 Å². The number of hydrogen-bond donors (Lipinski definition) is 0. The molecule has 2 aromatic heterocycles. The lowest BCUT2D eigenvalue weighted by molar-refractivity contribution is 0.0658. The van der Waals surface area contributed by atoms with Crippen molar-refractivity contribution in [2.24, 2.45) is 5.92 Å². The van der Waals surface area contributed by atoms with E-state index in [0.717, 1.165) is 49.6 Å². The highest BCUT2D eigenvalue weighted by Gasteiger charge is 2.41. The first-order valence-corrected chi connectivity index (χ1v) is 9.05. The molecule has 132 valence electrons. The van der Waals surface area contributed by atoms with Crippen LogP contribution in [-0.2, 0) is 19.4 Å². The predicted octanol–water partition coefficient (Wildman–Crippen LogP) is 1.80. The lowest BCUT2D eigenvalue weighted by Gasteiger charge is -2.27.